The standard InChI is InChI=1S/C14H19NO2/c1-11-4-6-14(17,7-5-11)13(16)9-12-3-2-8-15-10-12/h2-3,8,10-11,17H,4-7,9H2,1H3. The molecular weight excluding hydrogens is 214 g/mol. The lowest BCUT2D eigenvalue weighted by molar-refractivity contribution is -0.140. The molecule has 0 radical (unpaired) electrons. The largest absolute Gasteiger partial charge is 0.382 e. The van der Waals surface area contributed by atoms with Gasteiger partial charge >= 0.3 is 0 Å². The molecule has 1 aliphatic rings. The molecule has 1 N–H and O–H groups in total. The second-order valence-corrected chi connectivity index (χ2v) is 5.18. The average Bonchev–Trinajstić information content (AvgIpc) is 2.34. The zero-order chi connectivity index (χ0) is 12.3. The highest BCUT2D eigenvalue weighted by Gasteiger charge is 2.38. The van der Waals surface area contributed by atoms with E-state index in [0.29, 0.717) is 25.2 Å². The van der Waals surface area contributed by atoms with Crippen molar-refractivity contribution >= 4 is 5.78 Å². The van der Waals surface area contributed by atoms with Crippen molar-refractivity contribution in [2.24, 2.45) is 5.92 Å². The van der Waals surface area contributed by atoms with E-state index in [-0.39, 0.29) is 5.78 Å². The number of Topliss-reactive ketones (excluding diaryl/α,β-unsaturated/α-hetero) is 1. The fraction of sp³-hybridized carbons (Fsp3) is 0.571. The van der Waals surface area contributed by atoms with Crippen LogP contribution < -0.4 is 0 Å². The molecule has 1 saturated carbocycles. The zero-order valence-electron chi connectivity index (χ0n) is 10.2. The van der Waals surface area contributed by atoms with Gasteiger partial charge in [0.2, 0.25) is 0 Å². The molecule has 92 valence electrons. The third-order valence-corrected chi connectivity index (χ3v) is 3.71. The Morgan fingerprint density at radius 3 is 2.82 bits per heavy atom. The summed E-state index contributed by atoms with van der Waals surface area (Å²) in [6, 6.07) is 3.69. The molecule has 0 aliphatic heterocycles. The first kappa shape index (κ1) is 12.2. The molecule has 0 spiro atoms. The maximum absolute atomic E-state index is 12.1. The number of aromatic nitrogens is 1. The van der Waals surface area contributed by atoms with Crippen molar-refractivity contribution in [1.82, 2.24) is 4.98 Å². The molecule has 0 saturated heterocycles. The number of pyridine rings is 1. The summed E-state index contributed by atoms with van der Waals surface area (Å²) in [5, 5.41) is 10.3. The average molecular weight is 233 g/mol. The summed E-state index contributed by atoms with van der Waals surface area (Å²) in [6.45, 7) is 2.17. The summed E-state index contributed by atoms with van der Waals surface area (Å²) in [7, 11) is 0. The minimum absolute atomic E-state index is 0.0580. The zero-order valence-corrected chi connectivity index (χ0v) is 10.2. The smallest absolute Gasteiger partial charge is 0.168 e. The Morgan fingerprint density at radius 2 is 2.24 bits per heavy atom. The van der Waals surface area contributed by atoms with Gasteiger partial charge in [0.05, 0.1) is 0 Å². The van der Waals surface area contributed by atoms with Crippen LogP contribution >= 0.6 is 0 Å². The Morgan fingerprint density at radius 1 is 1.53 bits per heavy atom. The summed E-state index contributed by atoms with van der Waals surface area (Å²) in [6.07, 6.45) is 6.75. The molecule has 2 rings (SSSR count). The van der Waals surface area contributed by atoms with Gasteiger partial charge in [-0.25, -0.2) is 0 Å². The highest BCUT2D eigenvalue weighted by Crippen LogP contribution is 2.33. The van der Waals surface area contributed by atoms with Crippen LogP contribution in [-0.4, -0.2) is 21.5 Å². The van der Waals surface area contributed by atoms with Gasteiger partial charge in [-0.15, -0.1) is 0 Å². The second-order valence-electron chi connectivity index (χ2n) is 5.18. The molecule has 3 heteroatoms. The van der Waals surface area contributed by atoms with E-state index in [4.69, 9.17) is 0 Å². The second kappa shape index (κ2) is 4.96. The van der Waals surface area contributed by atoms with E-state index in [2.05, 4.69) is 11.9 Å². The first-order valence-electron chi connectivity index (χ1n) is 6.25. The molecular formula is C14H19NO2. The summed E-state index contributed by atoms with van der Waals surface area (Å²) in [5.74, 6) is 0.568. The quantitative estimate of drug-likeness (QED) is 0.870. The third kappa shape index (κ3) is 2.91. The predicted octanol–water partition coefficient (Wildman–Crippen LogP) is 2.13. The number of ketones is 1. The third-order valence-electron chi connectivity index (χ3n) is 3.71. The predicted molar refractivity (Wildman–Crippen MR) is 65.5 cm³/mol. The Kier molecular flexibility index (Phi) is 3.57. The van der Waals surface area contributed by atoms with Crippen molar-refractivity contribution in [3.63, 3.8) is 0 Å². The summed E-state index contributed by atoms with van der Waals surface area (Å²) >= 11 is 0. The minimum Gasteiger partial charge on any atom is -0.382 e. The molecule has 1 fully saturated rings. The number of hydrogen-bond acceptors (Lipinski definition) is 3. The SMILES string of the molecule is CC1CCC(O)(C(=O)Cc2cccnc2)CC1. The normalized spacial score (nSPS) is 28.9. The highest BCUT2D eigenvalue weighted by molar-refractivity contribution is 5.88. The van der Waals surface area contributed by atoms with Crippen LogP contribution in [0.2, 0.25) is 0 Å². The Labute approximate surface area is 102 Å². The van der Waals surface area contributed by atoms with Crippen molar-refractivity contribution in [2.45, 2.75) is 44.6 Å². The lowest BCUT2D eigenvalue weighted by Crippen LogP contribution is -2.42. The Balaban J connectivity index is 2.00. The maximum Gasteiger partial charge on any atom is 0.168 e. The number of rotatable bonds is 3. The van der Waals surface area contributed by atoms with Gasteiger partial charge in [-0.2, -0.15) is 0 Å². The summed E-state index contributed by atoms with van der Waals surface area (Å²) in [4.78, 5) is 16.1. The molecule has 1 aromatic rings. The fourth-order valence-electron chi connectivity index (χ4n) is 2.37. The van der Waals surface area contributed by atoms with Gasteiger partial charge < -0.3 is 5.11 Å². The first-order chi connectivity index (χ1) is 8.10. The molecule has 17 heavy (non-hydrogen) atoms. The topological polar surface area (TPSA) is 50.2 Å². The van der Waals surface area contributed by atoms with Crippen molar-refractivity contribution in [2.75, 3.05) is 0 Å². The lowest BCUT2D eigenvalue weighted by atomic mass is 9.76. The molecule has 1 heterocycles. The van der Waals surface area contributed by atoms with Gasteiger partial charge in [0.25, 0.3) is 0 Å². The van der Waals surface area contributed by atoms with Crippen LogP contribution in [0.5, 0.6) is 0 Å². The van der Waals surface area contributed by atoms with Crippen LogP contribution in [0.3, 0.4) is 0 Å². The van der Waals surface area contributed by atoms with E-state index in [1.54, 1.807) is 12.4 Å². The number of aliphatic hydroxyl groups is 1. The first-order valence-corrected chi connectivity index (χ1v) is 6.25. The number of carbonyl (C=O) groups is 1. The van der Waals surface area contributed by atoms with Gasteiger partial charge in [-0.1, -0.05) is 13.0 Å². The number of carbonyl (C=O) groups excluding carboxylic acids is 1. The van der Waals surface area contributed by atoms with Crippen LogP contribution in [0.4, 0.5) is 0 Å². The maximum atomic E-state index is 12.1. The van der Waals surface area contributed by atoms with Crippen molar-refractivity contribution in [3.05, 3.63) is 30.1 Å². The fourth-order valence-corrected chi connectivity index (χ4v) is 2.37. The minimum atomic E-state index is -1.09. The van der Waals surface area contributed by atoms with Gasteiger partial charge in [0.1, 0.15) is 5.60 Å². The lowest BCUT2D eigenvalue weighted by Gasteiger charge is -2.33. The van der Waals surface area contributed by atoms with E-state index in [1.807, 2.05) is 12.1 Å². The monoisotopic (exact) mass is 233 g/mol. The van der Waals surface area contributed by atoms with Crippen LogP contribution in [0.1, 0.15) is 38.2 Å². The van der Waals surface area contributed by atoms with Gasteiger partial charge in [-0.05, 0) is 43.2 Å². The van der Waals surface area contributed by atoms with Crippen molar-refractivity contribution < 1.29 is 9.90 Å². The molecule has 0 amide bonds. The number of hydrogen-bond donors (Lipinski definition) is 1. The van der Waals surface area contributed by atoms with Gasteiger partial charge in [0, 0.05) is 18.8 Å². The van der Waals surface area contributed by atoms with E-state index in [0.717, 1.165) is 18.4 Å². The van der Waals surface area contributed by atoms with Crippen LogP contribution in [-0.2, 0) is 11.2 Å². The van der Waals surface area contributed by atoms with Crippen LogP contribution in [0, 0.1) is 5.92 Å². The number of nitrogens with zero attached hydrogens (tertiary/aromatic N) is 1. The molecule has 3 nitrogen and oxygen atoms in total. The molecule has 0 unspecified atom stereocenters. The van der Waals surface area contributed by atoms with Crippen LogP contribution in [0.15, 0.2) is 24.5 Å². The molecule has 0 aromatic carbocycles. The highest BCUT2D eigenvalue weighted by atomic mass is 16.3. The van der Waals surface area contributed by atoms with Gasteiger partial charge in [0.15, 0.2) is 5.78 Å². The molecule has 0 bridgehead atoms. The van der Waals surface area contributed by atoms with Crippen molar-refractivity contribution in [1.29, 1.82) is 0 Å². The molecule has 1 aromatic heterocycles. The van der Waals surface area contributed by atoms with Crippen molar-refractivity contribution in [3.8, 4) is 0 Å². The van der Waals surface area contributed by atoms with Crippen LogP contribution in [0.25, 0.3) is 0 Å². The van der Waals surface area contributed by atoms with E-state index >= 15 is 0 Å². The molecule has 0 atom stereocenters. The summed E-state index contributed by atoms with van der Waals surface area (Å²) < 4.78 is 0. The van der Waals surface area contributed by atoms with E-state index in [9.17, 15) is 9.90 Å². The van der Waals surface area contributed by atoms with E-state index in [1.165, 1.54) is 0 Å². The molecule has 1 aliphatic carbocycles. The van der Waals surface area contributed by atoms with Gasteiger partial charge in [-0.3, -0.25) is 9.78 Å². The Bertz CT molecular complexity index is 380. The van der Waals surface area contributed by atoms with E-state index < -0.39 is 5.60 Å². The Hall–Kier alpha value is -1.22. The summed E-state index contributed by atoms with van der Waals surface area (Å²) in [5.41, 5.74) is -0.216.